The van der Waals surface area contributed by atoms with Crippen molar-refractivity contribution in [2.45, 2.75) is 19.8 Å². The lowest BCUT2D eigenvalue weighted by Gasteiger charge is -2.11. The highest BCUT2D eigenvalue weighted by Crippen LogP contribution is 2.34. The lowest BCUT2D eigenvalue weighted by Crippen LogP contribution is -2.21. The average Bonchev–Trinajstić information content (AvgIpc) is 2.89. The molecular formula is C22H23NO2S. The number of fused-ring (bicyclic) bond motifs is 1. The fourth-order valence-electron chi connectivity index (χ4n) is 2.93. The SMILES string of the molecule is CCCCS(=O)(=O)NC=C(c1ccccc1)c1ccc2cccccc1-2. The summed E-state index contributed by atoms with van der Waals surface area (Å²) >= 11 is 0. The van der Waals surface area contributed by atoms with Gasteiger partial charge in [-0.25, -0.2) is 8.42 Å². The third-order valence-electron chi connectivity index (χ3n) is 4.32. The summed E-state index contributed by atoms with van der Waals surface area (Å²) in [5, 5.41) is 0. The van der Waals surface area contributed by atoms with Gasteiger partial charge in [0.1, 0.15) is 0 Å². The van der Waals surface area contributed by atoms with E-state index in [1.165, 1.54) is 0 Å². The predicted molar refractivity (Wildman–Crippen MR) is 108 cm³/mol. The first-order valence-corrected chi connectivity index (χ1v) is 10.5. The number of benzene rings is 1. The van der Waals surface area contributed by atoms with Crippen LogP contribution in [0.25, 0.3) is 16.7 Å². The first-order chi connectivity index (χ1) is 12.6. The maximum atomic E-state index is 12.3. The Kier molecular flexibility index (Phi) is 5.74. The quantitative estimate of drug-likeness (QED) is 0.647. The first kappa shape index (κ1) is 18.2. The van der Waals surface area contributed by atoms with Gasteiger partial charge >= 0.3 is 0 Å². The normalized spacial score (nSPS) is 12.3. The van der Waals surface area contributed by atoms with Gasteiger partial charge in [0.2, 0.25) is 10.0 Å². The van der Waals surface area contributed by atoms with Crippen molar-refractivity contribution in [3.63, 3.8) is 0 Å². The van der Waals surface area contributed by atoms with Gasteiger partial charge in [0.25, 0.3) is 0 Å². The number of hydrogen-bond donors (Lipinski definition) is 1. The Bertz CT molecular complexity index is 962. The molecule has 0 spiro atoms. The summed E-state index contributed by atoms with van der Waals surface area (Å²) in [5.41, 5.74) is 5.08. The standard InChI is InChI=1S/C22H23NO2S/c1-2-3-16-26(24,25)23-17-22(18-10-6-4-7-11-18)21-15-14-19-12-8-5-9-13-20(19)21/h4-15,17,23H,2-3,16H2,1H3. The molecule has 0 saturated heterocycles. The van der Waals surface area contributed by atoms with Gasteiger partial charge in [0, 0.05) is 11.8 Å². The maximum Gasteiger partial charge on any atom is 0.232 e. The third-order valence-corrected chi connectivity index (χ3v) is 5.62. The molecule has 0 bridgehead atoms. The molecule has 1 aromatic carbocycles. The van der Waals surface area contributed by atoms with E-state index in [-0.39, 0.29) is 5.75 Å². The van der Waals surface area contributed by atoms with Crippen molar-refractivity contribution < 1.29 is 8.42 Å². The number of sulfonamides is 1. The first-order valence-electron chi connectivity index (χ1n) is 8.84. The van der Waals surface area contributed by atoms with E-state index < -0.39 is 10.0 Å². The highest BCUT2D eigenvalue weighted by atomic mass is 32.2. The van der Waals surface area contributed by atoms with Crippen LogP contribution in [0.5, 0.6) is 0 Å². The molecule has 3 rings (SSSR count). The van der Waals surface area contributed by atoms with Gasteiger partial charge in [-0.05, 0) is 28.7 Å². The molecule has 0 amide bonds. The molecule has 0 saturated carbocycles. The third kappa shape index (κ3) is 4.33. The van der Waals surface area contributed by atoms with Gasteiger partial charge < -0.3 is 0 Å². The van der Waals surface area contributed by atoms with Gasteiger partial charge in [0.15, 0.2) is 0 Å². The smallest absolute Gasteiger partial charge is 0.232 e. The molecule has 0 radical (unpaired) electrons. The van der Waals surface area contributed by atoms with Gasteiger partial charge in [0.05, 0.1) is 5.75 Å². The molecule has 2 aliphatic rings. The van der Waals surface area contributed by atoms with Crippen LogP contribution in [0.15, 0.2) is 79.0 Å². The van der Waals surface area contributed by atoms with Crippen molar-refractivity contribution in [2.75, 3.05) is 5.75 Å². The van der Waals surface area contributed by atoms with E-state index >= 15 is 0 Å². The molecule has 0 aromatic heterocycles. The van der Waals surface area contributed by atoms with Crippen LogP contribution in [-0.2, 0) is 10.0 Å². The van der Waals surface area contributed by atoms with Crippen molar-refractivity contribution in [2.24, 2.45) is 0 Å². The second-order valence-corrected chi connectivity index (χ2v) is 8.11. The molecule has 1 aromatic rings. The maximum absolute atomic E-state index is 12.3. The minimum absolute atomic E-state index is 0.138. The van der Waals surface area contributed by atoms with Crippen LogP contribution in [0.2, 0.25) is 0 Å². The summed E-state index contributed by atoms with van der Waals surface area (Å²) in [4.78, 5) is 0. The fourth-order valence-corrected chi connectivity index (χ4v) is 4.01. The Balaban J connectivity index is 2.04. The molecular weight excluding hydrogens is 342 g/mol. The highest BCUT2D eigenvalue weighted by Gasteiger charge is 2.15. The number of nitrogens with one attached hydrogen (secondary N) is 1. The molecule has 0 heterocycles. The minimum atomic E-state index is -3.33. The fraction of sp³-hybridized carbons (Fsp3) is 0.182. The molecule has 3 nitrogen and oxygen atoms in total. The van der Waals surface area contributed by atoms with Crippen molar-refractivity contribution >= 4 is 15.6 Å². The molecule has 134 valence electrons. The van der Waals surface area contributed by atoms with Crippen LogP contribution in [0, 0.1) is 0 Å². The molecule has 4 heteroatoms. The second kappa shape index (κ2) is 8.19. The van der Waals surface area contributed by atoms with Crippen LogP contribution in [0.1, 0.15) is 30.9 Å². The highest BCUT2D eigenvalue weighted by molar-refractivity contribution is 7.89. The van der Waals surface area contributed by atoms with Gasteiger partial charge in [-0.15, -0.1) is 0 Å². The van der Waals surface area contributed by atoms with Crippen LogP contribution in [0.3, 0.4) is 0 Å². The van der Waals surface area contributed by atoms with Gasteiger partial charge in [-0.1, -0.05) is 86.1 Å². The monoisotopic (exact) mass is 365 g/mol. The topological polar surface area (TPSA) is 46.2 Å². The zero-order valence-electron chi connectivity index (χ0n) is 14.9. The van der Waals surface area contributed by atoms with Crippen molar-refractivity contribution in [3.05, 3.63) is 90.1 Å². The lowest BCUT2D eigenvalue weighted by molar-refractivity contribution is 0.587. The number of unbranched alkanes of at least 4 members (excludes halogenated alkanes) is 1. The van der Waals surface area contributed by atoms with Gasteiger partial charge in [-0.2, -0.15) is 0 Å². The summed E-state index contributed by atoms with van der Waals surface area (Å²) < 4.78 is 27.2. The van der Waals surface area contributed by atoms with E-state index in [9.17, 15) is 8.42 Å². The van der Waals surface area contributed by atoms with Crippen LogP contribution in [-0.4, -0.2) is 14.2 Å². The van der Waals surface area contributed by atoms with Crippen molar-refractivity contribution in [3.8, 4) is 11.1 Å². The summed E-state index contributed by atoms with van der Waals surface area (Å²) in [5.74, 6) is 0.138. The molecule has 2 aliphatic carbocycles. The van der Waals surface area contributed by atoms with E-state index in [4.69, 9.17) is 0 Å². The Morgan fingerprint density at radius 2 is 1.62 bits per heavy atom. The van der Waals surface area contributed by atoms with E-state index in [0.717, 1.165) is 34.2 Å². The Hall–Kier alpha value is -2.59. The number of hydrogen-bond acceptors (Lipinski definition) is 2. The predicted octanol–water partition coefficient (Wildman–Crippen LogP) is 4.90. The Morgan fingerprint density at radius 1 is 0.923 bits per heavy atom. The molecule has 0 atom stereocenters. The Labute approximate surface area is 155 Å². The minimum Gasteiger partial charge on any atom is -0.290 e. The van der Waals surface area contributed by atoms with E-state index in [2.05, 4.69) is 22.9 Å². The molecule has 26 heavy (non-hydrogen) atoms. The van der Waals surface area contributed by atoms with E-state index in [0.29, 0.717) is 6.42 Å². The van der Waals surface area contributed by atoms with Crippen LogP contribution in [0.4, 0.5) is 0 Å². The van der Waals surface area contributed by atoms with Gasteiger partial charge in [-0.3, -0.25) is 4.72 Å². The summed E-state index contributed by atoms with van der Waals surface area (Å²) in [6.07, 6.45) is 3.13. The summed E-state index contributed by atoms with van der Waals surface area (Å²) in [6.45, 7) is 1.98. The molecule has 0 fully saturated rings. The molecule has 0 aliphatic heterocycles. The van der Waals surface area contributed by atoms with Crippen LogP contribution >= 0.6 is 0 Å². The summed E-state index contributed by atoms with van der Waals surface area (Å²) in [6, 6.07) is 24.1. The zero-order chi connectivity index (χ0) is 18.4. The summed E-state index contributed by atoms with van der Waals surface area (Å²) in [7, 11) is -3.33. The number of rotatable bonds is 7. The average molecular weight is 365 g/mol. The second-order valence-electron chi connectivity index (χ2n) is 6.24. The van der Waals surface area contributed by atoms with E-state index in [1.807, 2.05) is 61.5 Å². The Morgan fingerprint density at radius 3 is 2.35 bits per heavy atom. The zero-order valence-corrected chi connectivity index (χ0v) is 15.7. The molecule has 0 unspecified atom stereocenters. The van der Waals surface area contributed by atoms with Crippen molar-refractivity contribution in [1.29, 1.82) is 0 Å². The molecule has 1 N–H and O–H groups in total. The largest absolute Gasteiger partial charge is 0.290 e. The van der Waals surface area contributed by atoms with Crippen LogP contribution < -0.4 is 4.72 Å². The van der Waals surface area contributed by atoms with E-state index in [1.54, 1.807) is 6.20 Å². The lowest BCUT2D eigenvalue weighted by atomic mass is 9.97. The van der Waals surface area contributed by atoms with Crippen molar-refractivity contribution in [1.82, 2.24) is 4.72 Å².